The Morgan fingerprint density at radius 2 is 2.05 bits per heavy atom. The van der Waals surface area contributed by atoms with E-state index < -0.39 is 0 Å². The average molecular weight is 312 g/mol. The lowest BCUT2D eigenvalue weighted by atomic mass is 10.0. The zero-order valence-electron chi connectivity index (χ0n) is 12.8. The number of hydrogen-bond acceptors (Lipinski definition) is 2. The molecule has 0 fully saturated rings. The summed E-state index contributed by atoms with van der Waals surface area (Å²) >= 11 is 1.69. The molecule has 114 valence electrons. The van der Waals surface area contributed by atoms with Crippen molar-refractivity contribution in [3.63, 3.8) is 0 Å². The van der Waals surface area contributed by atoms with Crippen molar-refractivity contribution in [1.82, 2.24) is 10.3 Å². The van der Waals surface area contributed by atoms with Crippen LogP contribution >= 0.6 is 11.3 Å². The zero-order chi connectivity index (χ0) is 15.5. The SMILES string of the molecule is CC(C)[C@H](NC(=O)Cc1c[nH]c2ccccc12)c1cccs1. The van der Waals surface area contributed by atoms with Crippen LogP contribution in [0.4, 0.5) is 0 Å². The van der Waals surface area contributed by atoms with Gasteiger partial charge in [0, 0.05) is 22.0 Å². The Kier molecular flexibility index (Phi) is 4.29. The minimum absolute atomic E-state index is 0.0665. The Morgan fingerprint density at radius 3 is 2.77 bits per heavy atom. The quantitative estimate of drug-likeness (QED) is 0.725. The van der Waals surface area contributed by atoms with Gasteiger partial charge in [0.05, 0.1) is 12.5 Å². The highest BCUT2D eigenvalue weighted by atomic mass is 32.1. The van der Waals surface area contributed by atoms with Gasteiger partial charge in [-0.05, 0) is 29.0 Å². The molecule has 3 nitrogen and oxygen atoms in total. The van der Waals surface area contributed by atoms with Gasteiger partial charge in [0.15, 0.2) is 0 Å². The molecular weight excluding hydrogens is 292 g/mol. The molecule has 0 aliphatic heterocycles. The second-order valence-corrected chi connectivity index (χ2v) is 6.82. The molecule has 1 amide bonds. The van der Waals surface area contributed by atoms with Gasteiger partial charge in [-0.15, -0.1) is 11.3 Å². The molecule has 0 saturated carbocycles. The molecule has 0 radical (unpaired) electrons. The van der Waals surface area contributed by atoms with Crippen LogP contribution in [0.15, 0.2) is 48.0 Å². The van der Waals surface area contributed by atoms with E-state index in [1.165, 1.54) is 4.88 Å². The maximum absolute atomic E-state index is 12.4. The fourth-order valence-electron chi connectivity index (χ4n) is 2.71. The number of thiophene rings is 1. The second-order valence-electron chi connectivity index (χ2n) is 5.84. The monoisotopic (exact) mass is 312 g/mol. The van der Waals surface area contributed by atoms with Crippen LogP contribution in [0.5, 0.6) is 0 Å². The lowest BCUT2D eigenvalue weighted by molar-refractivity contribution is -0.121. The summed E-state index contributed by atoms with van der Waals surface area (Å²) in [5.41, 5.74) is 2.12. The Morgan fingerprint density at radius 1 is 1.23 bits per heavy atom. The number of aromatic amines is 1. The molecule has 4 heteroatoms. The molecule has 1 aromatic carbocycles. The molecule has 2 heterocycles. The number of rotatable bonds is 5. The zero-order valence-corrected chi connectivity index (χ0v) is 13.6. The molecule has 0 bridgehead atoms. The Balaban J connectivity index is 1.74. The number of H-pyrrole nitrogens is 1. The van der Waals surface area contributed by atoms with Gasteiger partial charge in [0.1, 0.15) is 0 Å². The number of benzene rings is 1. The van der Waals surface area contributed by atoms with Crippen molar-refractivity contribution in [3.05, 3.63) is 58.4 Å². The summed E-state index contributed by atoms with van der Waals surface area (Å²) in [6.45, 7) is 4.27. The van der Waals surface area contributed by atoms with Gasteiger partial charge in [0.2, 0.25) is 5.91 Å². The van der Waals surface area contributed by atoms with Crippen molar-refractivity contribution in [2.24, 2.45) is 5.92 Å². The first-order valence-corrected chi connectivity index (χ1v) is 8.41. The van der Waals surface area contributed by atoms with Crippen LogP contribution in [0, 0.1) is 5.92 Å². The van der Waals surface area contributed by atoms with E-state index in [0.29, 0.717) is 12.3 Å². The van der Waals surface area contributed by atoms with E-state index in [0.717, 1.165) is 16.5 Å². The van der Waals surface area contributed by atoms with Crippen LogP contribution < -0.4 is 5.32 Å². The van der Waals surface area contributed by atoms with E-state index in [1.807, 2.05) is 36.5 Å². The first-order chi connectivity index (χ1) is 10.6. The summed E-state index contributed by atoms with van der Waals surface area (Å²) in [4.78, 5) is 16.9. The molecule has 2 N–H and O–H groups in total. The van der Waals surface area contributed by atoms with E-state index >= 15 is 0 Å². The number of para-hydroxylation sites is 1. The van der Waals surface area contributed by atoms with E-state index in [1.54, 1.807) is 11.3 Å². The molecule has 0 saturated heterocycles. The van der Waals surface area contributed by atoms with E-state index in [2.05, 4.69) is 35.6 Å². The number of nitrogens with one attached hydrogen (secondary N) is 2. The van der Waals surface area contributed by atoms with Crippen LogP contribution in [-0.4, -0.2) is 10.9 Å². The molecule has 0 spiro atoms. The molecule has 22 heavy (non-hydrogen) atoms. The molecule has 1 atom stereocenters. The first-order valence-electron chi connectivity index (χ1n) is 7.53. The van der Waals surface area contributed by atoms with E-state index in [4.69, 9.17) is 0 Å². The lowest BCUT2D eigenvalue weighted by Gasteiger charge is -2.21. The van der Waals surface area contributed by atoms with Gasteiger partial charge in [-0.3, -0.25) is 4.79 Å². The minimum Gasteiger partial charge on any atom is -0.361 e. The van der Waals surface area contributed by atoms with Crippen molar-refractivity contribution in [1.29, 1.82) is 0 Å². The van der Waals surface area contributed by atoms with Crippen LogP contribution in [0.1, 0.15) is 30.3 Å². The third kappa shape index (κ3) is 3.07. The Bertz CT molecular complexity index is 758. The van der Waals surface area contributed by atoms with Crippen molar-refractivity contribution in [2.75, 3.05) is 0 Å². The Hall–Kier alpha value is -2.07. The predicted octanol–water partition coefficient (Wildman–Crippen LogP) is 4.29. The largest absolute Gasteiger partial charge is 0.361 e. The van der Waals surface area contributed by atoms with Gasteiger partial charge in [-0.1, -0.05) is 38.1 Å². The molecule has 3 aromatic rings. The highest BCUT2D eigenvalue weighted by Crippen LogP contribution is 2.26. The smallest absolute Gasteiger partial charge is 0.225 e. The van der Waals surface area contributed by atoms with Gasteiger partial charge < -0.3 is 10.3 Å². The van der Waals surface area contributed by atoms with Crippen molar-refractivity contribution >= 4 is 28.1 Å². The number of fused-ring (bicyclic) bond motifs is 1. The van der Waals surface area contributed by atoms with E-state index in [9.17, 15) is 4.79 Å². The molecule has 2 aromatic heterocycles. The van der Waals surface area contributed by atoms with Gasteiger partial charge in [-0.2, -0.15) is 0 Å². The van der Waals surface area contributed by atoms with Crippen LogP contribution in [0.3, 0.4) is 0 Å². The van der Waals surface area contributed by atoms with Gasteiger partial charge in [0.25, 0.3) is 0 Å². The fraction of sp³-hybridized carbons (Fsp3) is 0.278. The topological polar surface area (TPSA) is 44.9 Å². The summed E-state index contributed by atoms with van der Waals surface area (Å²) in [5, 5.41) is 6.35. The van der Waals surface area contributed by atoms with Crippen molar-refractivity contribution in [2.45, 2.75) is 26.3 Å². The summed E-state index contributed by atoms with van der Waals surface area (Å²) < 4.78 is 0. The number of carbonyl (C=O) groups excluding carboxylic acids is 1. The summed E-state index contributed by atoms with van der Waals surface area (Å²) in [7, 11) is 0. The minimum atomic E-state index is 0.0665. The standard InChI is InChI=1S/C18H20N2OS/c1-12(2)18(16-8-5-9-22-16)20-17(21)10-13-11-19-15-7-4-3-6-14(13)15/h3-9,11-12,18-19H,10H2,1-2H3,(H,20,21)/t18-/m0/s1. The maximum Gasteiger partial charge on any atom is 0.225 e. The van der Waals surface area contributed by atoms with Gasteiger partial charge >= 0.3 is 0 Å². The summed E-state index contributed by atoms with van der Waals surface area (Å²) in [5.74, 6) is 0.433. The molecular formula is C18H20N2OS. The van der Waals surface area contributed by atoms with Gasteiger partial charge in [-0.25, -0.2) is 0 Å². The average Bonchev–Trinajstić information content (AvgIpc) is 3.15. The Labute approximate surface area is 134 Å². The van der Waals surface area contributed by atoms with Crippen molar-refractivity contribution < 1.29 is 4.79 Å². The summed E-state index contributed by atoms with van der Waals surface area (Å²) in [6, 6.07) is 12.3. The molecule has 0 aliphatic carbocycles. The maximum atomic E-state index is 12.4. The number of carbonyl (C=O) groups is 1. The number of hydrogen-bond donors (Lipinski definition) is 2. The third-order valence-corrected chi connectivity index (χ3v) is 4.81. The lowest BCUT2D eigenvalue weighted by Crippen LogP contribution is -2.32. The summed E-state index contributed by atoms with van der Waals surface area (Å²) in [6.07, 6.45) is 2.33. The van der Waals surface area contributed by atoms with Crippen molar-refractivity contribution in [3.8, 4) is 0 Å². The predicted molar refractivity (Wildman–Crippen MR) is 92.0 cm³/mol. The van der Waals surface area contributed by atoms with E-state index in [-0.39, 0.29) is 11.9 Å². The molecule has 0 aliphatic rings. The molecule has 0 unspecified atom stereocenters. The second kappa shape index (κ2) is 6.36. The fourth-order valence-corrected chi connectivity index (χ4v) is 3.66. The molecule has 3 rings (SSSR count). The number of aromatic nitrogens is 1. The normalized spacial score (nSPS) is 12.7. The highest BCUT2D eigenvalue weighted by molar-refractivity contribution is 7.10. The first kappa shape index (κ1) is 14.9. The van der Waals surface area contributed by atoms with Crippen LogP contribution in [-0.2, 0) is 11.2 Å². The van der Waals surface area contributed by atoms with Crippen LogP contribution in [0.25, 0.3) is 10.9 Å². The third-order valence-electron chi connectivity index (χ3n) is 3.86. The van der Waals surface area contributed by atoms with Crippen LogP contribution in [0.2, 0.25) is 0 Å². The number of amides is 1. The highest BCUT2D eigenvalue weighted by Gasteiger charge is 2.19.